The molecule has 5 N–H and O–H groups in total. The summed E-state index contributed by atoms with van der Waals surface area (Å²) in [5.74, 6) is 0.737. The van der Waals surface area contributed by atoms with Crippen molar-refractivity contribution >= 4 is 176 Å². The molecule has 0 aliphatic carbocycles. The summed E-state index contributed by atoms with van der Waals surface area (Å²) in [5, 5.41) is 16.9. The standard InChI is InChI=1S/C20H14Br3ClN6O2.C11H11Br2N3O.C9H4BrCl2N3O/c1-20(2)19(32)27-16(28-20)10-6-9(21)7-11(22)15(10)26-18(31)13-8-14(23)29-30(13)17-12(24)4-3-5-25-17;1-11(2)10(17)15-9(16-11)6-3-5(12)4-7(13)8(6)14;10-7-4-6(8(12)16)15(14-7)9-5(11)2-1-3-13-9/h3-8H,1-2H3,(H,26,31)(H,27,28,32);3-4H,14H2,1-2H3,(H,15,16,17);1-4H. The Balaban J connectivity index is 0.000000178. The van der Waals surface area contributed by atoms with Crippen LogP contribution in [0, 0.1) is 0 Å². The predicted octanol–water partition coefficient (Wildman–Crippen LogP) is 10.6. The Labute approximate surface area is 435 Å². The molecular weight excluding hydrogens is 1300 g/mol. The lowest BCUT2D eigenvalue weighted by atomic mass is 10.1. The highest BCUT2D eigenvalue weighted by atomic mass is 79.9. The van der Waals surface area contributed by atoms with E-state index in [1.54, 1.807) is 82.6 Å². The summed E-state index contributed by atoms with van der Waals surface area (Å²) in [5.41, 5.74) is 6.97. The molecule has 2 aliphatic rings. The topological polar surface area (TPSA) is 217 Å². The molecule has 6 aromatic rings. The van der Waals surface area contributed by atoms with Crippen molar-refractivity contribution < 1.29 is 19.2 Å². The maximum atomic E-state index is 13.3. The van der Waals surface area contributed by atoms with Gasteiger partial charge in [-0.3, -0.25) is 29.2 Å². The largest absolute Gasteiger partial charge is 0.397 e. The number of nitrogens with two attached hydrogens (primary N) is 1. The number of carbonyl (C=O) groups excluding carboxylic acids is 4. The lowest BCUT2D eigenvalue weighted by Crippen LogP contribution is -2.34. The third-order valence-corrected chi connectivity index (χ3v) is 12.7. The summed E-state index contributed by atoms with van der Waals surface area (Å²) in [6.45, 7) is 6.96. The van der Waals surface area contributed by atoms with Crippen LogP contribution in [-0.2, 0) is 9.59 Å². The maximum absolute atomic E-state index is 13.3. The van der Waals surface area contributed by atoms with Crippen LogP contribution in [0.15, 0.2) is 110 Å². The molecule has 0 saturated heterocycles. The van der Waals surface area contributed by atoms with Gasteiger partial charge in [-0.05, 0) is 152 Å². The van der Waals surface area contributed by atoms with E-state index in [2.05, 4.69) is 142 Å². The number of amidine groups is 2. The van der Waals surface area contributed by atoms with Crippen molar-refractivity contribution in [1.29, 1.82) is 0 Å². The van der Waals surface area contributed by atoms with Gasteiger partial charge in [0.25, 0.3) is 23.0 Å². The van der Waals surface area contributed by atoms with Gasteiger partial charge in [-0.1, -0.05) is 55.1 Å². The van der Waals surface area contributed by atoms with Gasteiger partial charge in [0.2, 0.25) is 0 Å². The number of nitrogens with one attached hydrogen (secondary N) is 3. The van der Waals surface area contributed by atoms with E-state index in [9.17, 15) is 19.2 Å². The number of nitrogens with zero attached hydrogens (tertiary/aromatic N) is 8. The average Bonchev–Trinajstić information content (AvgIpc) is 3.96. The number of halogens is 9. The molecule has 4 aromatic heterocycles. The molecule has 2 aromatic carbocycles. The molecule has 0 fully saturated rings. The summed E-state index contributed by atoms with van der Waals surface area (Å²) in [4.78, 5) is 65.5. The van der Waals surface area contributed by atoms with Crippen LogP contribution in [0.2, 0.25) is 10.0 Å². The Hall–Kier alpha value is -3.87. The van der Waals surface area contributed by atoms with Crippen LogP contribution in [0.25, 0.3) is 11.6 Å². The number of carbonyl (C=O) groups is 4. The highest BCUT2D eigenvalue weighted by molar-refractivity contribution is 9.11. The van der Waals surface area contributed by atoms with Crippen LogP contribution in [0.3, 0.4) is 0 Å². The number of amides is 3. The number of rotatable bonds is 7. The first-order chi connectivity index (χ1) is 30.5. The molecule has 0 bridgehead atoms. The minimum Gasteiger partial charge on any atom is -0.397 e. The molecule has 65 heavy (non-hydrogen) atoms. The fourth-order valence-electron chi connectivity index (χ4n) is 5.73. The van der Waals surface area contributed by atoms with Gasteiger partial charge in [-0.25, -0.2) is 19.3 Å². The van der Waals surface area contributed by atoms with Crippen molar-refractivity contribution in [3.63, 3.8) is 0 Å². The van der Waals surface area contributed by atoms with Gasteiger partial charge in [0.05, 0.1) is 21.4 Å². The van der Waals surface area contributed by atoms with Gasteiger partial charge in [-0.15, -0.1) is 0 Å². The summed E-state index contributed by atoms with van der Waals surface area (Å²) in [6, 6.07) is 17.0. The van der Waals surface area contributed by atoms with E-state index in [0.717, 1.165) is 13.4 Å². The van der Waals surface area contributed by atoms with Crippen molar-refractivity contribution in [2.75, 3.05) is 11.1 Å². The first-order valence-electron chi connectivity index (χ1n) is 18.3. The lowest BCUT2D eigenvalue weighted by molar-refractivity contribution is -0.123. The molecule has 2 aliphatic heterocycles. The molecular formula is C40H29Br6Cl3N12O4. The zero-order valence-electron chi connectivity index (χ0n) is 33.6. The summed E-state index contributed by atoms with van der Waals surface area (Å²) in [6.07, 6.45) is 3.11. The van der Waals surface area contributed by atoms with Crippen LogP contribution in [0.4, 0.5) is 11.4 Å². The lowest BCUT2D eigenvalue weighted by Gasteiger charge is -2.15. The van der Waals surface area contributed by atoms with Gasteiger partial charge in [0, 0.05) is 53.5 Å². The summed E-state index contributed by atoms with van der Waals surface area (Å²) in [7, 11) is 0. The zero-order chi connectivity index (χ0) is 47.7. The second-order valence-electron chi connectivity index (χ2n) is 14.5. The number of anilines is 2. The highest BCUT2D eigenvalue weighted by Crippen LogP contribution is 2.34. The number of hydrogen-bond donors (Lipinski definition) is 4. The minimum atomic E-state index is -0.912. The van der Waals surface area contributed by atoms with Crippen LogP contribution in [0.1, 0.15) is 59.8 Å². The fraction of sp³-hybridized carbons (Fsp3) is 0.150. The minimum absolute atomic E-state index is 0.122. The first-order valence-corrected chi connectivity index (χ1v) is 24.2. The molecule has 3 amide bonds. The van der Waals surface area contributed by atoms with E-state index < -0.39 is 22.2 Å². The Morgan fingerprint density at radius 2 is 1.12 bits per heavy atom. The Kier molecular flexibility index (Phi) is 16.0. The summed E-state index contributed by atoms with van der Waals surface area (Å²) >= 11 is 37.8. The Morgan fingerprint density at radius 1 is 0.677 bits per heavy atom. The molecule has 0 saturated carbocycles. The van der Waals surface area contributed by atoms with E-state index in [4.69, 9.17) is 40.5 Å². The van der Waals surface area contributed by atoms with Crippen LogP contribution in [-0.4, -0.2) is 75.2 Å². The van der Waals surface area contributed by atoms with Crippen molar-refractivity contribution in [3.8, 4) is 11.6 Å². The number of aliphatic imine (C=N–C) groups is 2. The predicted molar refractivity (Wildman–Crippen MR) is 272 cm³/mol. The number of nitrogen functional groups attached to an aromatic ring is 1. The second-order valence-corrected chi connectivity index (χ2v) is 20.8. The van der Waals surface area contributed by atoms with Gasteiger partial charge < -0.3 is 21.7 Å². The van der Waals surface area contributed by atoms with Gasteiger partial charge in [-0.2, -0.15) is 10.2 Å². The Bertz CT molecular complexity index is 2990. The number of benzene rings is 2. The fourth-order valence-corrected chi connectivity index (χ4v) is 9.57. The zero-order valence-corrected chi connectivity index (χ0v) is 45.4. The van der Waals surface area contributed by atoms with Gasteiger partial charge >= 0.3 is 0 Å². The van der Waals surface area contributed by atoms with Crippen LogP contribution >= 0.6 is 130 Å². The first kappa shape index (κ1) is 50.5. The number of pyridine rings is 2. The van der Waals surface area contributed by atoms with Crippen LogP contribution < -0.4 is 21.7 Å². The summed E-state index contributed by atoms with van der Waals surface area (Å²) < 4.78 is 6.55. The van der Waals surface area contributed by atoms with E-state index in [1.807, 2.05) is 12.1 Å². The SMILES string of the molecule is CC1(C)N=C(c2cc(Br)cc(Br)c2N)NC1=O.CC1(C)N=C(c2cc(Br)cc(Br)c2NC(=O)c2cc(Br)nn2-c2ncccc2Cl)NC1=O.O=C(Cl)c1cc(Br)nn1-c1ncccc1Cl. The van der Waals surface area contributed by atoms with E-state index >= 15 is 0 Å². The molecule has 25 heteroatoms. The van der Waals surface area contributed by atoms with Crippen molar-refractivity contribution in [2.24, 2.45) is 9.98 Å². The van der Waals surface area contributed by atoms with Gasteiger partial charge in [0.1, 0.15) is 43.3 Å². The third-order valence-electron chi connectivity index (χ3n) is 8.93. The van der Waals surface area contributed by atoms with Crippen molar-refractivity contribution in [1.82, 2.24) is 40.2 Å². The maximum Gasteiger partial charge on any atom is 0.274 e. The molecule has 8 rings (SSSR count). The van der Waals surface area contributed by atoms with E-state index in [-0.39, 0.29) is 23.2 Å². The molecule has 0 radical (unpaired) electrons. The normalized spacial score (nSPS) is 14.5. The molecule has 0 spiro atoms. The monoisotopic (exact) mass is 1320 g/mol. The third kappa shape index (κ3) is 11.6. The van der Waals surface area contributed by atoms with Crippen LogP contribution in [0.5, 0.6) is 0 Å². The van der Waals surface area contributed by atoms with E-state index in [1.165, 1.54) is 15.4 Å². The molecule has 16 nitrogen and oxygen atoms in total. The molecule has 0 atom stereocenters. The molecule has 0 unspecified atom stereocenters. The quantitative estimate of drug-likeness (QED) is 0.0882. The number of aromatic nitrogens is 6. The van der Waals surface area contributed by atoms with Gasteiger partial charge in [0.15, 0.2) is 11.6 Å². The average molecular weight is 1330 g/mol. The second kappa shape index (κ2) is 20.6. The smallest absolute Gasteiger partial charge is 0.274 e. The highest BCUT2D eigenvalue weighted by Gasteiger charge is 2.37. The number of hydrogen-bond acceptors (Lipinski definition) is 11. The van der Waals surface area contributed by atoms with Crippen molar-refractivity contribution in [2.45, 2.75) is 38.8 Å². The Morgan fingerprint density at radius 3 is 1.58 bits per heavy atom. The molecule has 336 valence electrons. The van der Waals surface area contributed by atoms with Crippen molar-refractivity contribution in [3.05, 3.63) is 133 Å². The molecule has 6 heterocycles. The van der Waals surface area contributed by atoms with E-state index in [0.29, 0.717) is 69.5 Å².